The summed E-state index contributed by atoms with van der Waals surface area (Å²) in [6, 6.07) is 12.7. The summed E-state index contributed by atoms with van der Waals surface area (Å²) < 4.78 is 29.3. The van der Waals surface area contributed by atoms with Gasteiger partial charge < -0.3 is 10.2 Å². The average molecular weight is 557 g/mol. The average Bonchev–Trinajstić information content (AvgIpc) is 2.90. The van der Waals surface area contributed by atoms with Crippen molar-refractivity contribution in [1.82, 2.24) is 14.5 Å². The fraction of sp³-hybridized carbons (Fsp3) is 0.533. The zero-order chi connectivity index (χ0) is 28.7. The Morgan fingerprint density at radius 2 is 1.64 bits per heavy atom. The van der Waals surface area contributed by atoms with Crippen molar-refractivity contribution < 1.29 is 18.0 Å². The zero-order valence-electron chi connectivity index (χ0n) is 24.2. The normalized spacial score (nSPS) is 15.2. The SMILES string of the molecule is CC[C@@H](C(=O)NC1CCCCC1)N(Cc1ccccc1C)C(=O)CN(c1cc(C)ccc1C)S(=O)(=O)N(C)C. The molecular weight excluding hydrogens is 512 g/mol. The van der Waals surface area contributed by atoms with E-state index < -0.39 is 28.7 Å². The number of hydrogen-bond acceptors (Lipinski definition) is 4. The van der Waals surface area contributed by atoms with Gasteiger partial charge in [0.25, 0.3) is 0 Å². The lowest BCUT2D eigenvalue weighted by Crippen LogP contribution is -2.54. The molecule has 0 saturated heterocycles. The van der Waals surface area contributed by atoms with Gasteiger partial charge in [0.15, 0.2) is 0 Å². The molecule has 9 heteroatoms. The zero-order valence-corrected chi connectivity index (χ0v) is 25.1. The van der Waals surface area contributed by atoms with Crippen molar-refractivity contribution in [3.05, 3.63) is 64.7 Å². The molecule has 39 heavy (non-hydrogen) atoms. The van der Waals surface area contributed by atoms with Gasteiger partial charge in [-0.05, 0) is 68.4 Å². The summed E-state index contributed by atoms with van der Waals surface area (Å²) in [6.45, 7) is 7.38. The first-order valence-electron chi connectivity index (χ1n) is 13.9. The topological polar surface area (TPSA) is 90.0 Å². The van der Waals surface area contributed by atoms with E-state index in [0.29, 0.717) is 12.1 Å². The number of rotatable bonds is 11. The maximum Gasteiger partial charge on any atom is 0.304 e. The molecule has 0 spiro atoms. The van der Waals surface area contributed by atoms with Gasteiger partial charge in [-0.3, -0.25) is 9.59 Å². The van der Waals surface area contributed by atoms with Crippen molar-refractivity contribution in [1.29, 1.82) is 0 Å². The van der Waals surface area contributed by atoms with Crippen LogP contribution in [0.15, 0.2) is 42.5 Å². The Labute approximate surface area is 234 Å². The van der Waals surface area contributed by atoms with E-state index in [4.69, 9.17) is 0 Å². The van der Waals surface area contributed by atoms with E-state index in [-0.39, 0.29) is 18.5 Å². The number of benzene rings is 2. The standard InChI is InChI=1S/C30H44N4O4S/c1-7-27(30(36)31-26-15-9-8-10-16-26)33(20-25-14-12-11-13-23(25)3)29(35)21-34(39(37,38)32(5)6)28-19-22(2)17-18-24(28)4/h11-14,17-19,26-27H,7-10,15-16,20-21H2,1-6H3,(H,31,36)/t27-/m0/s1. The van der Waals surface area contributed by atoms with E-state index in [2.05, 4.69) is 5.32 Å². The number of amides is 2. The van der Waals surface area contributed by atoms with Crippen molar-refractivity contribution >= 4 is 27.7 Å². The van der Waals surface area contributed by atoms with Crippen LogP contribution in [0.25, 0.3) is 0 Å². The summed E-state index contributed by atoms with van der Waals surface area (Å²) in [4.78, 5) is 29.3. The van der Waals surface area contributed by atoms with Crippen LogP contribution in [-0.2, 0) is 26.3 Å². The van der Waals surface area contributed by atoms with Crippen LogP contribution < -0.4 is 9.62 Å². The van der Waals surface area contributed by atoms with Gasteiger partial charge in [0.2, 0.25) is 11.8 Å². The predicted octanol–water partition coefficient (Wildman–Crippen LogP) is 4.48. The Kier molecular flexibility index (Phi) is 10.6. The summed E-state index contributed by atoms with van der Waals surface area (Å²) in [6.07, 6.45) is 5.64. The predicted molar refractivity (Wildman–Crippen MR) is 157 cm³/mol. The van der Waals surface area contributed by atoms with Gasteiger partial charge in [0.1, 0.15) is 12.6 Å². The molecule has 0 radical (unpaired) electrons. The molecule has 1 atom stereocenters. The minimum Gasteiger partial charge on any atom is -0.352 e. The van der Waals surface area contributed by atoms with E-state index in [0.717, 1.165) is 56.5 Å². The van der Waals surface area contributed by atoms with Gasteiger partial charge in [-0.1, -0.05) is 62.6 Å². The molecule has 2 aromatic rings. The van der Waals surface area contributed by atoms with E-state index >= 15 is 0 Å². The van der Waals surface area contributed by atoms with Crippen LogP contribution in [0.3, 0.4) is 0 Å². The van der Waals surface area contributed by atoms with Crippen LogP contribution in [0.5, 0.6) is 0 Å². The van der Waals surface area contributed by atoms with Crippen LogP contribution >= 0.6 is 0 Å². The minimum absolute atomic E-state index is 0.108. The minimum atomic E-state index is -4.00. The van der Waals surface area contributed by atoms with Crippen molar-refractivity contribution in [2.75, 3.05) is 24.9 Å². The molecule has 1 fully saturated rings. The number of carbonyl (C=O) groups is 2. The second-order valence-electron chi connectivity index (χ2n) is 10.8. The maximum absolute atomic E-state index is 14.1. The van der Waals surface area contributed by atoms with E-state index in [1.54, 1.807) is 11.0 Å². The number of carbonyl (C=O) groups excluding carboxylic acids is 2. The van der Waals surface area contributed by atoms with Crippen LogP contribution in [-0.4, -0.2) is 62.2 Å². The highest BCUT2D eigenvalue weighted by Crippen LogP contribution is 2.26. The quantitative estimate of drug-likeness (QED) is 0.442. The molecule has 1 saturated carbocycles. The van der Waals surface area contributed by atoms with Gasteiger partial charge in [0.05, 0.1) is 5.69 Å². The van der Waals surface area contributed by atoms with Crippen molar-refractivity contribution in [3.63, 3.8) is 0 Å². The summed E-state index contributed by atoms with van der Waals surface area (Å²) in [7, 11) is -1.09. The molecule has 214 valence electrons. The van der Waals surface area contributed by atoms with Crippen molar-refractivity contribution in [2.45, 2.75) is 84.8 Å². The first-order chi connectivity index (χ1) is 18.4. The summed E-state index contributed by atoms with van der Waals surface area (Å²) >= 11 is 0. The van der Waals surface area contributed by atoms with Gasteiger partial charge in [-0.15, -0.1) is 0 Å². The first kappa shape index (κ1) is 30.6. The molecule has 1 aliphatic rings. The highest BCUT2D eigenvalue weighted by molar-refractivity contribution is 7.90. The summed E-state index contributed by atoms with van der Waals surface area (Å²) in [5.74, 6) is -0.602. The van der Waals surface area contributed by atoms with E-state index in [1.165, 1.54) is 20.5 Å². The smallest absolute Gasteiger partial charge is 0.304 e. The molecule has 0 heterocycles. The molecule has 0 bridgehead atoms. The van der Waals surface area contributed by atoms with Crippen molar-refractivity contribution in [2.24, 2.45) is 0 Å². The third-order valence-electron chi connectivity index (χ3n) is 7.59. The maximum atomic E-state index is 14.1. The molecule has 2 amide bonds. The Hall–Kier alpha value is -2.91. The molecule has 2 aromatic carbocycles. The molecule has 0 unspecified atom stereocenters. The molecule has 3 rings (SSSR count). The second-order valence-corrected chi connectivity index (χ2v) is 12.9. The third-order valence-corrected chi connectivity index (χ3v) is 9.40. The number of aryl methyl sites for hydroxylation is 3. The first-order valence-corrected chi connectivity index (χ1v) is 15.3. The Balaban J connectivity index is 2.00. The van der Waals surface area contributed by atoms with Crippen LogP contribution in [0.2, 0.25) is 0 Å². The monoisotopic (exact) mass is 556 g/mol. The highest BCUT2D eigenvalue weighted by Gasteiger charge is 2.35. The van der Waals surface area contributed by atoms with Crippen LogP contribution in [0.4, 0.5) is 5.69 Å². The second kappa shape index (κ2) is 13.4. The van der Waals surface area contributed by atoms with Crippen LogP contribution in [0.1, 0.15) is 67.7 Å². The van der Waals surface area contributed by atoms with Crippen molar-refractivity contribution in [3.8, 4) is 0 Å². The molecule has 0 aliphatic heterocycles. The van der Waals surface area contributed by atoms with Gasteiger partial charge in [0, 0.05) is 26.7 Å². The van der Waals surface area contributed by atoms with Gasteiger partial charge in [-0.2, -0.15) is 12.7 Å². The number of nitrogens with one attached hydrogen (secondary N) is 1. The summed E-state index contributed by atoms with van der Waals surface area (Å²) in [5, 5.41) is 3.18. The largest absolute Gasteiger partial charge is 0.352 e. The molecule has 1 aliphatic carbocycles. The van der Waals surface area contributed by atoms with Gasteiger partial charge in [-0.25, -0.2) is 4.31 Å². The lowest BCUT2D eigenvalue weighted by molar-refractivity contribution is -0.140. The Bertz CT molecular complexity index is 1260. The van der Waals surface area contributed by atoms with E-state index in [1.807, 2.05) is 64.1 Å². The van der Waals surface area contributed by atoms with E-state index in [9.17, 15) is 18.0 Å². The molecule has 8 nitrogen and oxygen atoms in total. The molecular formula is C30H44N4O4S. The van der Waals surface area contributed by atoms with Crippen LogP contribution in [0, 0.1) is 20.8 Å². The number of nitrogens with zero attached hydrogens (tertiary/aromatic N) is 3. The lowest BCUT2D eigenvalue weighted by atomic mass is 9.95. The fourth-order valence-electron chi connectivity index (χ4n) is 5.12. The lowest BCUT2D eigenvalue weighted by Gasteiger charge is -2.35. The highest BCUT2D eigenvalue weighted by atomic mass is 32.2. The van der Waals surface area contributed by atoms with Gasteiger partial charge >= 0.3 is 10.2 Å². The summed E-state index contributed by atoms with van der Waals surface area (Å²) in [5.41, 5.74) is 4.00. The number of anilines is 1. The number of hydrogen-bond donors (Lipinski definition) is 1. The fourth-order valence-corrected chi connectivity index (χ4v) is 6.24. The molecule has 0 aromatic heterocycles. The molecule has 1 N–H and O–H groups in total. The third kappa shape index (κ3) is 7.60. The Morgan fingerprint density at radius 3 is 2.26 bits per heavy atom. The Morgan fingerprint density at radius 1 is 0.974 bits per heavy atom.